The maximum atomic E-state index is 12.7. The van der Waals surface area contributed by atoms with Crippen molar-refractivity contribution < 1.29 is 14.3 Å². The van der Waals surface area contributed by atoms with Gasteiger partial charge in [0, 0.05) is 18.9 Å². The van der Waals surface area contributed by atoms with Crippen LogP contribution in [0.4, 0.5) is 5.69 Å². The van der Waals surface area contributed by atoms with Crippen molar-refractivity contribution in [1.82, 2.24) is 10.3 Å². The van der Waals surface area contributed by atoms with Gasteiger partial charge in [0.25, 0.3) is 11.8 Å². The number of ether oxygens (including phenoxy) is 1. The summed E-state index contributed by atoms with van der Waals surface area (Å²) in [5, 5.41) is 5.68. The Morgan fingerprint density at radius 3 is 2.41 bits per heavy atom. The lowest BCUT2D eigenvalue weighted by molar-refractivity contribution is 0.0950. The fraction of sp³-hybridized carbons (Fsp3) is 0.174. The lowest BCUT2D eigenvalue weighted by Crippen LogP contribution is -2.24. The van der Waals surface area contributed by atoms with Crippen LogP contribution >= 0.6 is 0 Å². The maximum Gasteiger partial charge on any atom is 0.257 e. The Kier molecular flexibility index (Phi) is 6.24. The number of carbonyl (C=O) groups is 2. The van der Waals surface area contributed by atoms with E-state index in [0.717, 1.165) is 16.7 Å². The summed E-state index contributed by atoms with van der Waals surface area (Å²) in [7, 11) is 1.54. The molecule has 0 spiro atoms. The molecule has 2 amide bonds. The largest absolute Gasteiger partial charge is 0.495 e. The van der Waals surface area contributed by atoms with Crippen molar-refractivity contribution in [3.05, 3.63) is 88.7 Å². The molecule has 2 N–H and O–H groups in total. The maximum absolute atomic E-state index is 12.7. The third-order valence-electron chi connectivity index (χ3n) is 4.57. The molecule has 1 heterocycles. The summed E-state index contributed by atoms with van der Waals surface area (Å²) in [6, 6.07) is 14.9. The van der Waals surface area contributed by atoms with Crippen molar-refractivity contribution >= 4 is 17.5 Å². The van der Waals surface area contributed by atoms with Crippen LogP contribution in [0.5, 0.6) is 5.75 Å². The Morgan fingerprint density at radius 1 is 0.966 bits per heavy atom. The van der Waals surface area contributed by atoms with Gasteiger partial charge in [0.05, 0.1) is 23.9 Å². The fourth-order valence-electron chi connectivity index (χ4n) is 2.89. The molecule has 0 unspecified atom stereocenters. The summed E-state index contributed by atoms with van der Waals surface area (Å²) in [6.45, 7) is 4.33. The van der Waals surface area contributed by atoms with Crippen LogP contribution in [-0.4, -0.2) is 23.9 Å². The molecule has 0 aliphatic rings. The zero-order valence-corrected chi connectivity index (χ0v) is 16.7. The van der Waals surface area contributed by atoms with E-state index in [2.05, 4.69) is 15.6 Å². The smallest absolute Gasteiger partial charge is 0.257 e. The zero-order chi connectivity index (χ0) is 20.8. The minimum Gasteiger partial charge on any atom is -0.495 e. The minimum atomic E-state index is -0.366. The Balaban J connectivity index is 1.72. The molecule has 0 saturated heterocycles. The summed E-state index contributed by atoms with van der Waals surface area (Å²) < 4.78 is 5.29. The molecule has 0 bridgehead atoms. The number of aromatic nitrogens is 1. The van der Waals surface area contributed by atoms with Gasteiger partial charge in [0.2, 0.25) is 0 Å². The van der Waals surface area contributed by atoms with Crippen LogP contribution < -0.4 is 15.4 Å². The van der Waals surface area contributed by atoms with Crippen LogP contribution in [0.25, 0.3) is 0 Å². The highest BCUT2D eigenvalue weighted by Gasteiger charge is 2.14. The summed E-state index contributed by atoms with van der Waals surface area (Å²) >= 11 is 0. The van der Waals surface area contributed by atoms with Crippen LogP contribution in [0.2, 0.25) is 0 Å². The van der Waals surface area contributed by atoms with E-state index < -0.39 is 0 Å². The summed E-state index contributed by atoms with van der Waals surface area (Å²) in [6.07, 6.45) is 2.87. The molecule has 148 valence electrons. The third-order valence-corrected chi connectivity index (χ3v) is 4.57. The van der Waals surface area contributed by atoms with Crippen LogP contribution in [0.15, 0.2) is 60.9 Å². The van der Waals surface area contributed by atoms with Crippen molar-refractivity contribution in [2.24, 2.45) is 0 Å². The number of rotatable bonds is 6. The van der Waals surface area contributed by atoms with Crippen molar-refractivity contribution in [2.45, 2.75) is 20.4 Å². The number of amides is 2. The summed E-state index contributed by atoms with van der Waals surface area (Å²) in [4.78, 5) is 29.2. The molecule has 3 rings (SSSR count). The predicted octanol–water partition coefficient (Wildman–Crippen LogP) is 3.89. The monoisotopic (exact) mass is 389 g/mol. The van der Waals surface area contributed by atoms with Gasteiger partial charge in [0.1, 0.15) is 5.75 Å². The second-order valence-corrected chi connectivity index (χ2v) is 6.73. The molecular formula is C23H23N3O3. The van der Waals surface area contributed by atoms with E-state index in [-0.39, 0.29) is 17.4 Å². The third kappa shape index (κ3) is 4.99. The highest BCUT2D eigenvalue weighted by atomic mass is 16.5. The van der Waals surface area contributed by atoms with E-state index in [9.17, 15) is 9.59 Å². The molecule has 29 heavy (non-hydrogen) atoms. The Hall–Kier alpha value is -3.67. The SMILES string of the molecule is COc1ccc(C)cc1NC(=O)c1cncc(C(=O)NCc2ccccc2C)c1. The number of hydrogen-bond acceptors (Lipinski definition) is 4. The molecule has 0 radical (unpaired) electrons. The van der Waals surface area contributed by atoms with Gasteiger partial charge in [-0.15, -0.1) is 0 Å². The van der Waals surface area contributed by atoms with E-state index >= 15 is 0 Å². The molecule has 6 heteroatoms. The average Bonchev–Trinajstić information content (AvgIpc) is 2.73. The Labute approximate surface area is 169 Å². The first-order chi connectivity index (χ1) is 14.0. The standard InChI is InChI=1S/C23H23N3O3/c1-15-8-9-21(29-3)20(10-15)26-23(28)19-11-18(12-24-13-19)22(27)25-14-17-7-5-4-6-16(17)2/h4-13H,14H2,1-3H3,(H,25,27)(H,26,28). The van der Waals surface area contributed by atoms with Gasteiger partial charge in [-0.1, -0.05) is 30.3 Å². The Morgan fingerprint density at radius 2 is 1.69 bits per heavy atom. The highest BCUT2D eigenvalue weighted by molar-refractivity contribution is 6.06. The fourth-order valence-corrected chi connectivity index (χ4v) is 2.89. The first-order valence-electron chi connectivity index (χ1n) is 9.21. The quantitative estimate of drug-likeness (QED) is 0.670. The molecular weight excluding hydrogens is 366 g/mol. The lowest BCUT2D eigenvalue weighted by Gasteiger charge is -2.12. The molecule has 0 aliphatic heterocycles. The van der Waals surface area contributed by atoms with Gasteiger partial charge < -0.3 is 15.4 Å². The summed E-state index contributed by atoms with van der Waals surface area (Å²) in [5.41, 5.74) is 4.30. The van der Waals surface area contributed by atoms with Gasteiger partial charge in [-0.05, 0) is 48.7 Å². The van der Waals surface area contributed by atoms with E-state index in [1.165, 1.54) is 18.5 Å². The first-order valence-corrected chi connectivity index (χ1v) is 9.21. The van der Waals surface area contributed by atoms with Crippen molar-refractivity contribution in [1.29, 1.82) is 0 Å². The Bertz CT molecular complexity index is 1050. The van der Waals surface area contributed by atoms with Crippen LogP contribution in [0.3, 0.4) is 0 Å². The number of benzene rings is 2. The van der Waals surface area contributed by atoms with E-state index in [1.54, 1.807) is 13.2 Å². The number of anilines is 1. The second kappa shape index (κ2) is 9.01. The molecule has 0 atom stereocenters. The van der Waals surface area contributed by atoms with Gasteiger partial charge in [-0.25, -0.2) is 0 Å². The molecule has 0 saturated carbocycles. The number of methoxy groups -OCH3 is 1. The number of pyridine rings is 1. The van der Waals surface area contributed by atoms with E-state index in [1.807, 2.05) is 50.2 Å². The number of nitrogens with zero attached hydrogens (tertiary/aromatic N) is 1. The average molecular weight is 389 g/mol. The van der Waals surface area contributed by atoms with Crippen LogP contribution in [0, 0.1) is 13.8 Å². The van der Waals surface area contributed by atoms with E-state index in [4.69, 9.17) is 4.74 Å². The molecule has 0 fully saturated rings. The molecule has 1 aromatic heterocycles. The van der Waals surface area contributed by atoms with Crippen molar-refractivity contribution in [3.63, 3.8) is 0 Å². The van der Waals surface area contributed by atoms with Crippen molar-refractivity contribution in [2.75, 3.05) is 12.4 Å². The van der Waals surface area contributed by atoms with Gasteiger partial charge in [-0.3, -0.25) is 14.6 Å². The predicted molar refractivity (Wildman–Crippen MR) is 112 cm³/mol. The number of carbonyl (C=O) groups excluding carboxylic acids is 2. The highest BCUT2D eigenvalue weighted by Crippen LogP contribution is 2.25. The van der Waals surface area contributed by atoms with Gasteiger partial charge >= 0.3 is 0 Å². The first kappa shape index (κ1) is 20.1. The number of hydrogen-bond donors (Lipinski definition) is 2. The second-order valence-electron chi connectivity index (χ2n) is 6.73. The van der Waals surface area contributed by atoms with E-state index in [0.29, 0.717) is 23.5 Å². The number of nitrogens with one attached hydrogen (secondary N) is 2. The minimum absolute atomic E-state index is 0.288. The molecule has 6 nitrogen and oxygen atoms in total. The van der Waals surface area contributed by atoms with Crippen molar-refractivity contribution in [3.8, 4) is 5.75 Å². The lowest BCUT2D eigenvalue weighted by atomic mass is 10.1. The van der Waals surface area contributed by atoms with Gasteiger partial charge in [0.15, 0.2) is 0 Å². The van der Waals surface area contributed by atoms with Gasteiger partial charge in [-0.2, -0.15) is 0 Å². The van der Waals surface area contributed by atoms with Crippen LogP contribution in [0.1, 0.15) is 37.4 Å². The van der Waals surface area contributed by atoms with Crippen LogP contribution in [-0.2, 0) is 6.54 Å². The topological polar surface area (TPSA) is 80.3 Å². The molecule has 0 aliphatic carbocycles. The normalized spacial score (nSPS) is 10.3. The molecule has 3 aromatic rings. The zero-order valence-electron chi connectivity index (χ0n) is 16.7. The summed E-state index contributed by atoms with van der Waals surface area (Å²) in [5.74, 6) is -0.0949. The molecule has 2 aromatic carbocycles. The number of aryl methyl sites for hydroxylation is 2.